The first kappa shape index (κ1) is 13.1. The highest BCUT2D eigenvalue weighted by atomic mass is 32.1. The predicted octanol–water partition coefficient (Wildman–Crippen LogP) is 3.09. The normalized spacial score (nSPS) is 11.2. The molecule has 1 N–H and O–H groups in total. The topological polar surface area (TPSA) is 55.6 Å². The van der Waals surface area contributed by atoms with E-state index >= 15 is 0 Å². The van der Waals surface area contributed by atoms with E-state index in [1.165, 1.54) is 4.88 Å². The van der Waals surface area contributed by atoms with Crippen molar-refractivity contribution in [3.63, 3.8) is 0 Å². The number of hydrogen-bond acceptors (Lipinski definition) is 5. The SMILES string of the molecule is CCNc1nc(-c2cnn(C)c2)nc2sc(CC)cc12. The third-order valence-electron chi connectivity index (χ3n) is 3.10. The Morgan fingerprint density at radius 1 is 1.30 bits per heavy atom. The fourth-order valence-corrected chi connectivity index (χ4v) is 3.08. The van der Waals surface area contributed by atoms with E-state index < -0.39 is 0 Å². The average Bonchev–Trinajstić information content (AvgIpc) is 3.04. The molecule has 0 aliphatic rings. The average molecular weight is 287 g/mol. The Balaban J connectivity index is 2.18. The molecule has 0 fully saturated rings. The second-order valence-electron chi connectivity index (χ2n) is 4.61. The largest absolute Gasteiger partial charge is 0.370 e. The number of rotatable bonds is 4. The van der Waals surface area contributed by atoms with Crippen molar-refractivity contribution < 1.29 is 0 Å². The molecule has 0 aliphatic heterocycles. The molecule has 5 nitrogen and oxygen atoms in total. The summed E-state index contributed by atoms with van der Waals surface area (Å²) in [4.78, 5) is 11.7. The van der Waals surface area contributed by atoms with Crippen LogP contribution in [0.4, 0.5) is 5.82 Å². The number of thiophene rings is 1. The lowest BCUT2D eigenvalue weighted by molar-refractivity contribution is 0.768. The molecule has 0 bridgehead atoms. The highest BCUT2D eigenvalue weighted by Gasteiger charge is 2.13. The van der Waals surface area contributed by atoms with Crippen LogP contribution in [0.5, 0.6) is 0 Å². The zero-order valence-electron chi connectivity index (χ0n) is 11.8. The molecular formula is C14H17N5S. The summed E-state index contributed by atoms with van der Waals surface area (Å²) < 4.78 is 1.77. The highest BCUT2D eigenvalue weighted by Crippen LogP contribution is 2.31. The van der Waals surface area contributed by atoms with Gasteiger partial charge in [-0.2, -0.15) is 5.10 Å². The third-order valence-corrected chi connectivity index (χ3v) is 4.27. The van der Waals surface area contributed by atoms with Gasteiger partial charge in [-0.15, -0.1) is 11.3 Å². The Morgan fingerprint density at radius 3 is 2.80 bits per heavy atom. The fraction of sp³-hybridized carbons (Fsp3) is 0.357. The van der Waals surface area contributed by atoms with Gasteiger partial charge in [0.15, 0.2) is 5.82 Å². The quantitative estimate of drug-likeness (QED) is 0.801. The third kappa shape index (κ3) is 2.27. The lowest BCUT2D eigenvalue weighted by atomic mass is 10.3. The lowest BCUT2D eigenvalue weighted by Gasteiger charge is -2.05. The van der Waals surface area contributed by atoms with E-state index in [2.05, 4.69) is 40.3 Å². The smallest absolute Gasteiger partial charge is 0.166 e. The maximum atomic E-state index is 4.68. The van der Waals surface area contributed by atoms with Gasteiger partial charge in [-0.05, 0) is 19.4 Å². The molecule has 6 heteroatoms. The maximum absolute atomic E-state index is 4.68. The van der Waals surface area contributed by atoms with Crippen LogP contribution in [0.2, 0.25) is 0 Å². The van der Waals surface area contributed by atoms with Gasteiger partial charge in [0.1, 0.15) is 10.6 Å². The van der Waals surface area contributed by atoms with Gasteiger partial charge in [-0.25, -0.2) is 9.97 Å². The van der Waals surface area contributed by atoms with E-state index in [0.29, 0.717) is 0 Å². The molecule has 3 aromatic heterocycles. The molecule has 0 amide bonds. The molecule has 0 aliphatic carbocycles. The zero-order valence-corrected chi connectivity index (χ0v) is 12.7. The summed E-state index contributed by atoms with van der Waals surface area (Å²) >= 11 is 1.73. The second-order valence-corrected chi connectivity index (χ2v) is 5.73. The van der Waals surface area contributed by atoms with Crippen LogP contribution in [0.15, 0.2) is 18.5 Å². The molecule has 3 rings (SSSR count). The van der Waals surface area contributed by atoms with Crippen LogP contribution in [0.25, 0.3) is 21.6 Å². The summed E-state index contributed by atoms with van der Waals surface area (Å²) in [6.45, 7) is 5.08. The summed E-state index contributed by atoms with van der Waals surface area (Å²) in [5.74, 6) is 1.64. The van der Waals surface area contributed by atoms with Crippen LogP contribution in [0.1, 0.15) is 18.7 Å². The fourth-order valence-electron chi connectivity index (χ4n) is 2.11. The first-order chi connectivity index (χ1) is 9.71. The number of fused-ring (bicyclic) bond motifs is 1. The van der Waals surface area contributed by atoms with Gasteiger partial charge in [0.05, 0.1) is 17.1 Å². The molecule has 3 heterocycles. The predicted molar refractivity (Wildman–Crippen MR) is 83.2 cm³/mol. The van der Waals surface area contributed by atoms with Crippen molar-refractivity contribution in [1.82, 2.24) is 19.7 Å². The van der Waals surface area contributed by atoms with Crippen molar-refractivity contribution in [3.8, 4) is 11.4 Å². The molecule has 0 spiro atoms. The number of nitrogens with zero attached hydrogens (tertiary/aromatic N) is 4. The van der Waals surface area contributed by atoms with Crippen molar-refractivity contribution >= 4 is 27.4 Å². The standard InChI is InChI=1S/C14H17N5S/c1-4-10-6-11-13(15-5-2)17-12(18-14(11)20-10)9-7-16-19(3)8-9/h6-8H,4-5H2,1-3H3,(H,15,17,18). The first-order valence-electron chi connectivity index (χ1n) is 6.74. The summed E-state index contributed by atoms with van der Waals surface area (Å²) in [5.41, 5.74) is 0.944. The number of hydrogen-bond donors (Lipinski definition) is 1. The molecule has 104 valence electrons. The van der Waals surface area contributed by atoms with E-state index in [0.717, 1.165) is 40.4 Å². The van der Waals surface area contributed by atoms with Gasteiger partial charge in [0.2, 0.25) is 0 Å². The molecule has 0 unspecified atom stereocenters. The minimum absolute atomic E-state index is 0.728. The van der Waals surface area contributed by atoms with Crippen molar-refractivity contribution in [3.05, 3.63) is 23.3 Å². The number of nitrogens with one attached hydrogen (secondary N) is 1. The lowest BCUT2D eigenvalue weighted by Crippen LogP contribution is -2.01. The van der Waals surface area contributed by atoms with Gasteiger partial charge in [0, 0.05) is 24.7 Å². The minimum Gasteiger partial charge on any atom is -0.370 e. The maximum Gasteiger partial charge on any atom is 0.166 e. The van der Waals surface area contributed by atoms with Crippen LogP contribution in [0, 0.1) is 0 Å². The highest BCUT2D eigenvalue weighted by molar-refractivity contribution is 7.18. The molecule has 20 heavy (non-hydrogen) atoms. The van der Waals surface area contributed by atoms with Gasteiger partial charge >= 0.3 is 0 Å². The van der Waals surface area contributed by atoms with Crippen LogP contribution in [0.3, 0.4) is 0 Å². The van der Waals surface area contributed by atoms with E-state index in [9.17, 15) is 0 Å². The molecule has 0 atom stereocenters. The first-order valence-corrected chi connectivity index (χ1v) is 7.56. The van der Waals surface area contributed by atoms with E-state index in [1.54, 1.807) is 22.2 Å². The van der Waals surface area contributed by atoms with E-state index in [4.69, 9.17) is 0 Å². The summed E-state index contributed by atoms with van der Waals surface area (Å²) in [7, 11) is 1.90. The van der Waals surface area contributed by atoms with Crippen molar-refractivity contribution in [1.29, 1.82) is 0 Å². The summed E-state index contributed by atoms with van der Waals surface area (Å²) in [5, 5.41) is 8.64. The Morgan fingerprint density at radius 2 is 2.15 bits per heavy atom. The Hall–Kier alpha value is -1.95. The summed E-state index contributed by atoms with van der Waals surface area (Å²) in [6, 6.07) is 2.19. The monoisotopic (exact) mass is 287 g/mol. The Bertz CT molecular complexity index is 743. The molecule has 0 aromatic carbocycles. The van der Waals surface area contributed by atoms with Crippen LogP contribution < -0.4 is 5.32 Å². The molecular weight excluding hydrogens is 270 g/mol. The minimum atomic E-state index is 0.728. The van der Waals surface area contributed by atoms with Gasteiger partial charge in [-0.1, -0.05) is 6.92 Å². The molecule has 0 radical (unpaired) electrons. The number of aromatic nitrogens is 4. The molecule has 3 aromatic rings. The van der Waals surface area contributed by atoms with Crippen molar-refractivity contribution in [2.75, 3.05) is 11.9 Å². The molecule has 0 saturated heterocycles. The summed E-state index contributed by atoms with van der Waals surface area (Å²) in [6.07, 6.45) is 4.76. The Labute approximate surface area is 121 Å². The van der Waals surface area contributed by atoms with Gasteiger partial charge in [0.25, 0.3) is 0 Å². The van der Waals surface area contributed by atoms with E-state index in [1.807, 2.05) is 13.2 Å². The number of aryl methyl sites for hydroxylation is 2. The van der Waals surface area contributed by atoms with Crippen LogP contribution in [-0.2, 0) is 13.5 Å². The van der Waals surface area contributed by atoms with Crippen LogP contribution >= 0.6 is 11.3 Å². The Kier molecular flexibility index (Phi) is 3.40. The second kappa shape index (κ2) is 5.20. The molecule has 0 saturated carbocycles. The van der Waals surface area contributed by atoms with Crippen LogP contribution in [-0.4, -0.2) is 26.3 Å². The van der Waals surface area contributed by atoms with Gasteiger partial charge in [-0.3, -0.25) is 4.68 Å². The van der Waals surface area contributed by atoms with Crippen molar-refractivity contribution in [2.45, 2.75) is 20.3 Å². The van der Waals surface area contributed by atoms with E-state index in [-0.39, 0.29) is 0 Å². The zero-order chi connectivity index (χ0) is 14.1. The van der Waals surface area contributed by atoms with Gasteiger partial charge < -0.3 is 5.32 Å². The van der Waals surface area contributed by atoms with Crippen molar-refractivity contribution in [2.24, 2.45) is 7.05 Å². The number of anilines is 1.